The molecule has 3 rings (SSSR count). The van der Waals surface area contributed by atoms with Crippen LogP contribution in [0, 0.1) is 13.8 Å². The smallest absolute Gasteiger partial charge is 0.223 e. The van der Waals surface area contributed by atoms with Crippen LogP contribution in [0.5, 0.6) is 0 Å². The maximum atomic E-state index is 5.78. The minimum atomic E-state index is 0.285. The predicted molar refractivity (Wildman–Crippen MR) is 88.7 cm³/mol. The Morgan fingerprint density at radius 3 is 2.75 bits per heavy atom. The van der Waals surface area contributed by atoms with Crippen molar-refractivity contribution in [2.75, 3.05) is 11.1 Å². The van der Waals surface area contributed by atoms with Gasteiger partial charge in [-0.15, -0.1) is 11.3 Å². The summed E-state index contributed by atoms with van der Waals surface area (Å²) in [6, 6.07) is 8.17. The molecule has 0 aliphatic rings. The zero-order chi connectivity index (χ0) is 14.3. The van der Waals surface area contributed by atoms with Crippen molar-refractivity contribution in [1.29, 1.82) is 0 Å². The predicted octanol–water partition coefficient (Wildman–Crippen LogP) is 4.40. The summed E-state index contributed by atoms with van der Waals surface area (Å²) < 4.78 is 1.06. The fourth-order valence-corrected chi connectivity index (χ4v) is 3.23. The molecule has 0 amide bonds. The maximum absolute atomic E-state index is 5.78. The number of hydrogen-bond donors (Lipinski definition) is 2. The highest BCUT2D eigenvalue weighted by atomic mass is 79.9. The molecule has 2 aromatic heterocycles. The van der Waals surface area contributed by atoms with Gasteiger partial charge in [-0.2, -0.15) is 4.98 Å². The Morgan fingerprint density at radius 1 is 1.20 bits per heavy atom. The third-order valence-corrected chi connectivity index (χ3v) is 4.77. The van der Waals surface area contributed by atoms with Crippen LogP contribution in [0.1, 0.15) is 10.4 Å². The van der Waals surface area contributed by atoms with Crippen LogP contribution in [-0.2, 0) is 0 Å². The van der Waals surface area contributed by atoms with Crippen molar-refractivity contribution < 1.29 is 0 Å². The molecule has 2 heterocycles. The Bertz CT molecular complexity index is 797. The Kier molecular flexibility index (Phi) is 3.35. The lowest BCUT2D eigenvalue weighted by molar-refractivity contribution is 1.24. The number of halogens is 1. The van der Waals surface area contributed by atoms with Gasteiger partial charge in [0.25, 0.3) is 0 Å². The van der Waals surface area contributed by atoms with Gasteiger partial charge in [0.2, 0.25) is 5.95 Å². The molecule has 6 heteroatoms. The molecule has 3 aromatic rings. The summed E-state index contributed by atoms with van der Waals surface area (Å²) in [6.07, 6.45) is 0. The monoisotopic (exact) mass is 348 g/mol. The summed E-state index contributed by atoms with van der Waals surface area (Å²) >= 11 is 5.15. The van der Waals surface area contributed by atoms with Crippen molar-refractivity contribution in [2.45, 2.75) is 13.8 Å². The average Bonchev–Trinajstić information content (AvgIpc) is 2.74. The molecule has 0 saturated heterocycles. The SMILES string of the molecule is Cc1cc2c(Nc3ccc(C)c(Br)c3)nc(N)nc2s1. The molecule has 4 nitrogen and oxygen atoms in total. The van der Waals surface area contributed by atoms with Gasteiger partial charge in [-0.3, -0.25) is 0 Å². The first-order chi connectivity index (χ1) is 9.52. The first-order valence-corrected chi connectivity index (χ1v) is 7.71. The number of fused-ring (bicyclic) bond motifs is 1. The number of nitrogens with zero attached hydrogens (tertiary/aromatic N) is 2. The molecule has 3 N–H and O–H groups in total. The molecule has 20 heavy (non-hydrogen) atoms. The van der Waals surface area contributed by atoms with E-state index in [1.807, 2.05) is 18.2 Å². The largest absolute Gasteiger partial charge is 0.368 e. The molecule has 0 bridgehead atoms. The van der Waals surface area contributed by atoms with Gasteiger partial charge in [0, 0.05) is 15.0 Å². The van der Waals surface area contributed by atoms with E-state index in [1.165, 1.54) is 10.4 Å². The van der Waals surface area contributed by atoms with Crippen LogP contribution in [0.15, 0.2) is 28.7 Å². The molecular formula is C14H13BrN4S. The van der Waals surface area contributed by atoms with Crippen molar-refractivity contribution >= 4 is 54.9 Å². The number of nitrogen functional groups attached to an aromatic ring is 1. The zero-order valence-electron chi connectivity index (χ0n) is 11.1. The van der Waals surface area contributed by atoms with Crippen LogP contribution >= 0.6 is 27.3 Å². The lowest BCUT2D eigenvalue weighted by atomic mass is 10.2. The van der Waals surface area contributed by atoms with E-state index in [-0.39, 0.29) is 5.95 Å². The number of anilines is 3. The number of thiophene rings is 1. The Morgan fingerprint density at radius 2 is 2.00 bits per heavy atom. The van der Waals surface area contributed by atoms with E-state index in [0.29, 0.717) is 0 Å². The molecule has 0 unspecified atom stereocenters. The average molecular weight is 349 g/mol. The van der Waals surface area contributed by atoms with Crippen LogP contribution in [-0.4, -0.2) is 9.97 Å². The van der Waals surface area contributed by atoms with Crippen LogP contribution in [0.25, 0.3) is 10.2 Å². The summed E-state index contributed by atoms with van der Waals surface area (Å²) in [5, 5.41) is 4.31. The molecule has 0 saturated carbocycles. The number of aromatic nitrogens is 2. The van der Waals surface area contributed by atoms with E-state index in [1.54, 1.807) is 11.3 Å². The van der Waals surface area contributed by atoms with Crippen LogP contribution < -0.4 is 11.1 Å². The van der Waals surface area contributed by atoms with E-state index in [2.05, 4.69) is 51.1 Å². The molecule has 102 valence electrons. The van der Waals surface area contributed by atoms with E-state index in [0.717, 1.165) is 26.2 Å². The number of hydrogen-bond acceptors (Lipinski definition) is 5. The summed E-state index contributed by atoms with van der Waals surface area (Å²) in [6.45, 7) is 4.10. The molecule has 0 aliphatic heterocycles. The Balaban J connectivity index is 2.07. The van der Waals surface area contributed by atoms with E-state index in [9.17, 15) is 0 Å². The minimum Gasteiger partial charge on any atom is -0.368 e. The van der Waals surface area contributed by atoms with Crippen molar-refractivity contribution in [3.05, 3.63) is 39.2 Å². The van der Waals surface area contributed by atoms with E-state index < -0.39 is 0 Å². The molecular weight excluding hydrogens is 336 g/mol. The number of benzene rings is 1. The van der Waals surface area contributed by atoms with Crippen molar-refractivity contribution in [3.8, 4) is 0 Å². The fraction of sp³-hybridized carbons (Fsp3) is 0.143. The molecule has 0 radical (unpaired) electrons. The fourth-order valence-electron chi connectivity index (χ4n) is 1.96. The molecule has 0 aliphatic carbocycles. The standard InChI is InChI=1S/C14H13BrN4S/c1-7-3-4-9(6-11(7)15)17-12-10-5-8(2)20-13(10)19-14(16)18-12/h3-6H,1-2H3,(H3,16,17,18,19). The van der Waals surface area contributed by atoms with Gasteiger partial charge >= 0.3 is 0 Å². The lowest BCUT2D eigenvalue weighted by Crippen LogP contribution is -2.00. The highest BCUT2D eigenvalue weighted by Gasteiger charge is 2.10. The first kappa shape index (κ1) is 13.3. The summed E-state index contributed by atoms with van der Waals surface area (Å²) in [7, 11) is 0. The van der Waals surface area contributed by atoms with E-state index in [4.69, 9.17) is 5.73 Å². The number of nitrogens with one attached hydrogen (secondary N) is 1. The van der Waals surface area contributed by atoms with Crippen molar-refractivity contribution in [3.63, 3.8) is 0 Å². The van der Waals surface area contributed by atoms with Crippen LogP contribution in [0.4, 0.5) is 17.5 Å². The number of aryl methyl sites for hydroxylation is 2. The number of nitrogens with two attached hydrogens (primary N) is 1. The van der Waals surface area contributed by atoms with Gasteiger partial charge in [-0.25, -0.2) is 4.98 Å². The van der Waals surface area contributed by atoms with Gasteiger partial charge in [0.1, 0.15) is 10.6 Å². The second-order valence-electron chi connectivity index (χ2n) is 4.60. The highest BCUT2D eigenvalue weighted by molar-refractivity contribution is 9.10. The summed E-state index contributed by atoms with van der Waals surface area (Å²) in [5.41, 5.74) is 7.93. The van der Waals surface area contributed by atoms with Crippen LogP contribution in [0.2, 0.25) is 0 Å². The van der Waals surface area contributed by atoms with Gasteiger partial charge in [0.15, 0.2) is 0 Å². The van der Waals surface area contributed by atoms with Gasteiger partial charge in [-0.1, -0.05) is 22.0 Å². The quantitative estimate of drug-likeness (QED) is 0.720. The molecule has 0 fully saturated rings. The normalized spacial score (nSPS) is 10.9. The van der Waals surface area contributed by atoms with Gasteiger partial charge in [-0.05, 0) is 37.6 Å². The summed E-state index contributed by atoms with van der Waals surface area (Å²) in [5.74, 6) is 1.03. The third kappa shape index (κ3) is 2.48. The second kappa shape index (κ2) is 5.03. The molecule has 0 spiro atoms. The summed E-state index contributed by atoms with van der Waals surface area (Å²) in [4.78, 5) is 10.7. The van der Waals surface area contributed by atoms with Gasteiger partial charge < -0.3 is 11.1 Å². The molecule has 1 aromatic carbocycles. The molecule has 0 atom stereocenters. The third-order valence-electron chi connectivity index (χ3n) is 2.97. The first-order valence-electron chi connectivity index (χ1n) is 6.10. The maximum Gasteiger partial charge on any atom is 0.223 e. The van der Waals surface area contributed by atoms with E-state index >= 15 is 0 Å². The number of rotatable bonds is 2. The second-order valence-corrected chi connectivity index (χ2v) is 6.68. The van der Waals surface area contributed by atoms with Crippen molar-refractivity contribution in [2.24, 2.45) is 0 Å². The lowest BCUT2D eigenvalue weighted by Gasteiger charge is -2.08. The zero-order valence-corrected chi connectivity index (χ0v) is 13.5. The Labute approximate surface area is 129 Å². The van der Waals surface area contributed by atoms with Crippen LogP contribution in [0.3, 0.4) is 0 Å². The Hall–Kier alpha value is -1.66. The topological polar surface area (TPSA) is 63.8 Å². The van der Waals surface area contributed by atoms with Gasteiger partial charge in [0.05, 0.1) is 5.39 Å². The van der Waals surface area contributed by atoms with Crippen molar-refractivity contribution in [1.82, 2.24) is 9.97 Å². The minimum absolute atomic E-state index is 0.285. The highest BCUT2D eigenvalue weighted by Crippen LogP contribution is 2.31.